The highest BCUT2D eigenvalue weighted by atomic mass is 16.7. The zero-order chi connectivity index (χ0) is 10.7. The molecule has 0 spiro atoms. The first-order valence-electron chi connectivity index (χ1n) is 4.24. The van der Waals surface area contributed by atoms with Gasteiger partial charge in [-0.2, -0.15) is 0 Å². The van der Waals surface area contributed by atoms with E-state index < -0.39 is 30.6 Å². The van der Waals surface area contributed by atoms with E-state index in [0.29, 0.717) is 0 Å². The van der Waals surface area contributed by atoms with Crippen molar-refractivity contribution in [2.45, 2.75) is 31.5 Å². The Morgan fingerprint density at radius 3 is 2.57 bits per heavy atom. The zero-order valence-corrected chi connectivity index (χ0v) is 8.04. The van der Waals surface area contributed by atoms with Crippen LogP contribution in [0, 0.1) is 0 Å². The number of carbonyl (C=O) groups is 1. The third-order valence-corrected chi connectivity index (χ3v) is 1.98. The smallest absolute Gasteiger partial charge is 0.303 e. The van der Waals surface area contributed by atoms with E-state index in [1.165, 1.54) is 14.0 Å². The summed E-state index contributed by atoms with van der Waals surface area (Å²) in [5, 5.41) is 18.9. The van der Waals surface area contributed by atoms with Gasteiger partial charge in [0.05, 0.1) is 6.61 Å². The van der Waals surface area contributed by atoms with Gasteiger partial charge in [0.25, 0.3) is 0 Å². The second kappa shape index (κ2) is 4.70. The van der Waals surface area contributed by atoms with Crippen molar-refractivity contribution < 1.29 is 29.2 Å². The van der Waals surface area contributed by atoms with Crippen LogP contribution in [0.4, 0.5) is 0 Å². The third-order valence-electron chi connectivity index (χ3n) is 1.98. The summed E-state index contributed by atoms with van der Waals surface area (Å²) in [4.78, 5) is 10.6. The second-order valence-corrected chi connectivity index (χ2v) is 3.07. The van der Waals surface area contributed by atoms with Gasteiger partial charge in [-0.1, -0.05) is 0 Å². The highest BCUT2D eigenvalue weighted by Gasteiger charge is 2.40. The molecule has 1 saturated heterocycles. The molecule has 0 radical (unpaired) electrons. The van der Waals surface area contributed by atoms with Gasteiger partial charge in [-0.15, -0.1) is 0 Å². The molecule has 4 atom stereocenters. The van der Waals surface area contributed by atoms with Gasteiger partial charge in [0.1, 0.15) is 12.2 Å². The molecule has 0 aromatic rings. The van der Waals surface area contributed by atoms with E-state index in [9.17, 15) is 15.0 Å². The van der Waals surface area contributed by atoms with Crippen LogP contribution in [0.2, 0.25) is 0 Å². The largest absolute Gasteiger partial charge is 0.457 e. The van der Waals surface area contributed by atoms with Crippen molar-refractivity contribution in [3.05, 3.63) is 0 Å². The van der Waals surface area contributed by atoms with Gasteiger partial charge in [0, 0.05) is 14.0 Å². The molecule has 0 unspecified atom stereocenters. The van der Waals surface area contributed by atoms with Gasteiger partial charge < -0.3 is 24.4 Å². The number of hydrogen-bond acceptors (Lipinski definition) is 6. The van der Waals surface area contributed by atoms with Gasteiger partial charge in [-0.05, 0) is 0 Å². The fourth-order valence-electron chi connectivity index (χ4n) is 1.29. The minimum absolute atomic E-state index is 0.0102. The van der Waals surface area contributed by atoms with Crippen molar-refractivity contribution in [2.24, 2.45) is 0 Å². The number of aliphatic hydroxyl groups is 2. The molecule has 1 rings (SSSR count). The SMILES string of the molecule is CO[C@@H]1OC[C@@H](OC(C)=O)[C@@H](O)[C@@H]1O. The van der Waals surface area contributed by atoms with E-state index in [-0.39, 0.29) is 6.61 Å². The molecule has 0 aromatic carbocycles. The summed E-state index contributed by atoms with van der Waals surface area (Å²) in [5.74, 6) is -0.527. The topological polar surface area (TPSA) is 85.2 Å². The summed E-state index contributed by atoms with van der Waals surface area (Å²) in [6, 6.07) is 0. The molecular formula is C8H14O6. The third kappa shape index (κ3) is 2.42. The van der Waals surface area contributed by atoms with Gasteiger partial charge in [0.2, 0.25) is 0 Å². The van der Waals surface area contributed by atoms with Crippen LogP contribution in [0.1, 0.15) is 6.92 Å². The highest BCUT2D eigenvalue weighted by molar-refractivity contribution is 5.66. The summed E-state index contributed by atoms with van der Waals surface area (Å²) in [6.45, 7) is 1.23. The fraction of sp³-hybridized carbons (Fsp3) is 0.875. The van der Waals surface area contributed by atoms with Crippen molar-refractivity contribution in [3.8, 4) is 0 Å². The lowest BCUT2D eigenvalue weighted by atomic mass is 10.1. The van der Waals surface area contributed by atoms with E-state index in [0.717, 1.165) is 0 Å². The molecule has 0 bridgehead atoms. The molecule has 1 heterocycles. The van der Waals surface area contributed by atoms with Crippen molar-refractivity contribution in [1.29, 1.82) is 0 Å². The van der Waals surface area contributed by atoms with Crippen LogP contribution < -0.4 is 0 Å². The summed E-state index contributed by atoms with van der Waals surface area (Å²) in [7, 11) is 1.35. The van der Waals surface area contributed by atoms with Crippen LogP contribution in [-0.2, 0) is 19.0 Å². The van der Waals surface area contributed by atoms with Crippen LogP contribution in [0.5, 0.6) is 0 Å². The molecule has 0 aromatic heterocycles. The Morgan fingerprint density at radius 2 is 2.07 bits per heavy atom. The van der Waals surface area contributed by atoms with Gasteiger partial charge in [-0.25, -0.2) is 0 Å². The first-order chi connectivity index (χ1) is 6.56. The predicted molar refractivity (Wildman–Crippen MR) is 44.3 cm³/mol. The quantitative estimate of drug-likeness (QED) is 0.543. The van der Waals surface area contributed by atoms with E-state index in [2.05, 4.69) is 0 Å². The van der Waals surface area contributed by atoms with Crippen molar-refractivity contribution in [1.82, 2.24) is 0 Å². The Labute approximate surface area is 81.4 Å². The average Bonchev–Trinajstić information content (AvgIpc) is 2.13. The average molecular weight is 206 g/mol. The first kappa shape index (κ1) is 11.4. The maximum Gasteiger partial charge on any atom is 0.303 e. The molecule has 6 nitrogen and oxygen atoms in total. The lowest BCUT2D eigenvalue weighted by Gasteiger charge is -2.35. The Balaban J connectivity index is 2.54. The molecule has 1 fully saturated rings. The molecule has 0 aliphatic carbocycles. The monoisotopic (exact) mass is 206 g/mol. The zero-order valence-electron chi connectivity index (χ0n) is 8.04. The minimum atomic E-state index is -1.21. The molecule has 14 heavy (non-hydrogen) atoms. The standard InChI is InChI=1S/C8H14O6/c1-4(9)14-5-3-13-8(12-2)7(11)6(5)10/h5-8,10-11H,3H2,1-2H3/t5-,6-,7+,8-/m1/s1. The Morgan fingerprint density at radius 1 is 1.43 bits per heavy atom. The predicted octanol–water partition coefficient (Wildman–Crippen LogP) is -1.36. The van der Waals surface area contributed by atoms with Crippen LogP contribution >= 0.6 is 0 Å². The van der Waals surface area contributed by atoms with Crippen molar-refractivity contribution in [3.63, 3.8) is 0 Å². The number of methoxy groups -OCH3 is 1. The van der Waals surface area contributed by atoms with Gasteiger partial charge in [-0.3, -0.25) is 4.79 Å². The van der Waals surface area contributed by atoms with Crippen LogP contribution in [0.3, 0.4) is 0 Å². The number of esters is 1. The number of hydrogen-bond donors (Lipinski definition) is 2. The highest BCUT2D eigenvalue weighted by Crippen LogP contribution is 2.18. The molecule has 0 amide bonds. The minimum Gasteiger partial charge on any atom is -0.457 e. The van der Waals surface area contributed by atoms with Gasteiger partial charge in [0.15, 0.2) is 12.4 Å². The van der Waals surface area contributed by atoms with E-state index >= 15 is 0 Å². The molecule has 0 saturated carbocycles. The van der Waals surface area contributed by atoms with E-state index in [1.54, 1.807) is 0 Å². The molecule has 2 N–H and O–H groups in total. The lowest BCUT2D eigenvalue weighted by molar-refractivity contribution is -0.265. The number of aliphatic hydroxyl groups excluding tert-OH is 2. The lowest BCUT2D eigenvalue weighted by Crippen LogP contribution is -2.54. The van der Waals surface area contributed by atoms with Crippen LogP contribution in [0.15, 0.2) is 0 Å². The van der Waals surface area contributed by atoms with E-state index in [4.69, 9.17) is 14.2 Å². The van der Waals surface area contributed by atoms with E-state index in [1.807, 2.05) is 0 Å². The second-order valence-electron chi connectivity index (χ2n) is 3.07. The summed E-state index contributed by atoms with van der Waals surface area (Å²) >= 11 is 0. The van der Waals surface area contributed by atoms with Crippen molar-refractivity contribution in [2.75, 3.05) is 13.7 Å². The Hall–Kier alpha value is -0.690. The fourth-order valence-corrected chi connectivity index (χ4v) is 1.29. The summed E-state index contributed by atoms with van der Waals surface area (Å²) in [6.07, 6.45) is -4.11. The molecular weight excluding hydrogens is 192 g/mol. The van der Waals surface area contributed by atoms with Crippen molar-refractivity contribution >= 4 is 5.97 Å². The Kier molecular flexibility index (Phi) is 3.82. The summed E-state index contributed by atoms with van der Waals surface area (Å²) in [5.41, 5.74) is 0. The molecule has 6 heteroatoms. The number of carbonyl (C=O) groups excluding carboxylic acids is 1. The first-order valence-corrected chi connectivity index (χ1v) is 4.24. The molecule has 1 aliphatic heterocycles. The maximum absolute atomic E-state index is 10.6. The normalized spacial score (nSPS) is 38.0. The molecule has 82 valence electrons. The Bertz CT molecular complexity index is 206. The van der Waals surface area contributed by atoms with Gasteiger partial charge >= 0.3 is 5.97 Å². The maximum atomic E-state index is 10.6. The summed E-state index contributed by atoms with van der Waals surface area (Å²) < 4.78 is 14.5. The molecule has 1 aliphatic rings. The number of ether oxygens (including phenoxy) is 3. The number of rotatable bonds is 2. The van der Waals surface area contributed by atoms with Crippen LogP contribution in [0.25, 0.3) is 0 Å². The van der Waals surface area contributed by atoms with Crippen LogP contribution in [-0.4, -0.2) is 54.5 Å².